The van der Waals surface area contributed by atoms with Gasteiger partial charge in [0.1, 0.15) is 17.7 Å². The van der Waals surface area contributed by atoms with Gasteiger partial charge in [0.15, 0.2) is 0 Å². The second kappa shape index (κ2) is 11.4. The molecule has 0 spiro atoms. The smallest absolute Gasteiger partial charge is 0.323 e. The van der Waals surface area contributed by atoms with Crippen LogP contribution < -0.4 is 16.4 Å². The van der Waals surface area contributed by atoms with Gasteiger partial charge in [0.2, 0.25) is 11.8 Å². The SMILES string of the molecule is CC(=O)N[C@@H](Cc1ccccc1)C(=O)NCCCC[C@H](N)C(=O)OC(C)(C)C. The molecule has 0 fully saturated rings. The third-order valence-corrected chi connectivity index (χ3v) is 3.93. The third kappa shape index (κ3) is 10.1. The number of rotatable bonds is 10. The molecule has 0 heterocycles. The number of hydrogen-bond donors (Lipinski definition) is 3. The largest absolute Gasteiger partial charge is 0.459 e. The van der Waals surface area contributed by atoms with Gasteiger partial charge in [-0.15, -0.1) is 0 Å². The van der Waals surface area contributed by atoms with Crippen molar-refractivity contribution in [3.05, 3.63) is 35.9 Å². The first-order chi connectivity index (χ1) is 13.1. The van der Waals surface area contributed by atoms with Crippen molar-refractivity contribution < 1.29 is 19.1 Å². The molecule has 0 aliphatic rings. The summed E-state index contributed by atoms with van der Waals surface area (Å²) in [4.78, 5) is 35.7. The Bertz CT molecular complexity index is 641. The van der Waals surface area contributed by atoms with Crippen molar-refractivity contribution in [2.24, 2.45) is 5.73 Å². The van der Waals surface area contributed by atoms with Crippen molar-refractivity contribution in [1.29, 1.82) is 0 Å². The zero-order chi connectivity index (χ0) is 21.2. The highest BCUT2D eigenvalue weighted by molar-refractivity contribution is 5.87. The number of hydrogen-bond acceptors (Lipinski definition) is 5. The van der Waals surface area contributed by atoms with E-state index in [9.17, 15) is 14.4 Å². The number of carbonyl (C=O) groups excluding carboxylic acids is 3. The Kier molecular flexibility index (Phi) is 9.65. The minimum Gasteiger partial charge on any atom is -0.459 e. The van der Waals surface area contributed by atoms with Crippen LogP contribution in [-0.2, 0) is 25.5 Å². The minimum absolute atomic E-state index is 0.226. The molecular formula is C21H33N3O4. The van der Waals surface area contributed by atoms with E-state index in [4.69, 9.17) is 10.5 Å². The second-order valence-corrected chi connectivity index (χ2v) is 7.87. The molecule has 7 nitrogen and oxygen atoms in total. The van der Waals surface area contributed by atoms with Crippen molar-refractivity contribution in [3.8, 4) is 0 Å². The average molecular weight is 392 g/mol. The number of benzene rings is 1. The molecule has 0 saturated carbocycles. The van der Waals surface area contributed by atoms with Crippen LogP contribution in [0.4, 0.5) is 0 Å². The fourth-order valence-electron chi connectivity index (χ4n) is 2.62. The van der Waals surface area contributed by atoms with E-state index in [0.29, 0.717) is 32.2 Å². The molecule has 0 aliphatic carbocycles. The van der Waals surface area contributed by atoms with Crippen molar-refractivity contribution in [1.82, 2.24) is 10.6 Å². The molecule has 0 unspecified atom stereocenters. The summed E-state index contributed by atoms with van der Waals surface area (Å²) >= 11 is 0. The lowest BCUT2D eigenvalue weighted by Crippen LogP contribution is -2.47. The highest BCUT2D eigenvalue weighted by Gasteiger charge is 2.22. The number of esters is 1. The van der Waals surface area contributed by atoms with Crippen molar-refractivity contribution >= 4 is 17.8 Å². The van der Waals surface area contributed by atoms with Crippen molar-refractivity contribution in [3.63, 3.8) is 0 Å². The van der Waals surface area contributed by atoms with Gasteiger partial charge in [0.25, 0.3) is 0 Å². The summed E-state index contributed by atoms with van der Waals surface area (Å²) in [5.41, 5.74) is 6.26. The molecule has 0 radical (unpaired) electrons. The molecule has 2 atom stereocenters. The maximum Gasteiger partial charge on any atom is 0.323 e. The van der Waals surface area contributed by atoms with E-state index in [0.717, 1.165) is 5.56 Å². The van der Waals surface area contributed by atoms with E-state index >= 15 is 0 Å². The fraction of sp³-hybridized carbons (Fsp3) is 0.571. The normalized spacial score (nSPS) is 13.3. The zero-order valence-electron chi connectivity index (χ0n) is 17.3. The van der Waals surface area contributed by atoms with Crippen LogP contribution in [0.3, 0.4) is 0 Å². The summed E-state index contributed by atoms with van der Waals surface area (Å²) < 4.78 is 5.25. The molecule has 0 aromatic heterocycles. The monoisotopic (exact) mass is 391 g/mol. The number of amides is 2. The molecule has 1 aromatic rings. The molecular weight excluding hydrogens is 358 g/mol. The van der Waals surface area contributed by atoms with Crippen LogP contribution in [0.15, 0.2) is 30.3 Å². The van der Waals surface area contributed by atoms with Gasteiger partial charge in [-0.3, -0.25) is 14.4 Å². The molecule has 0 saturated heterocycles. The Morgan fingerprint density at radius 2 is 1.75 bits per heavy atom. The van der Waals surface area contributed by atoms with Crippen LogP contribution >= 0.6 is 0 Å². The van der Waals surface area contributed by atoms with Gasteiger partial charge in [-0.2, -0.15) is 0 Å². The van der Waals surface area contributed by atoms with Gasteiger partial charge in [-0.05, 0) is 45.6 Å². The maximum absolute atomic E-state index is 12.4. The molecule has 1 rings (SSSR count). The Balaban J connectivity index is 2.37. The van der Waals surface area contributed by atoms with Crippen LogP contribution in [-0.4, -0.2) is 42.0 Å². The van der Waals surface area contributed by atoms with E-state index in [1.165, 1.54) is 6.92 Å². The number of carbonyl (C=O) groups is 3. The molecule has 0 aliphatic heterocycles. The number of nitrogens with two attached hydrogens (primary N) is 1. The molecule has 1 aromatic carbocycles. The summed E-state index contributed by atoms with van der Waals surface area (Å²) in [6.45, 7) is 7.24. The molecule has 7 heteroatoms. The summed E-state index contributed by atoms with van der Waals surface area (Å²) in [7, 11) is 0. The van der Waals surface area contributed by atoms with Crippen LogP contribution in [0.25, 0.3) is 0 Å². The Hall–Kier alpha value is -2.41. The lowest BCUT2D eigenvalue weighted by molar-refractivity contribution is -0.156. The predicted octanol–water partition coefficient (Wildman–Crippen LogP) is 1.69. The zero-order valence-corrected chi connectivity index (χ0v) is 17.3. The molecule has 2 amide bonds. The van der Waals surface area contributed by atoms with Crippen molar-refractivity contribution in [2.75, 3.05) is 6.54 Å². The van der Waals surface area contributed by atoms with Gasteiger partial charge in [-0.25, -0.2) is 0 Å². The topological polar surface area (TPSA) is 111 Å². The van der Waals surface area contributed by atoms with Crippen LogP contribution in [0.2, 0.25) is 0 Å². The second-order valence-electron chi connectivity index (χ2n) is 7.87. The van der Waals surface area contributed by atoms with E-state index in [1.807, 2.05) is 30.3 Å². The van der Waals surface area contributed by atoms with Gasteiger partial charge in [0, 0.05) is 19.9 Å². The van der Waals surface area contributed by atoms with Crippen LogP contribution in [0.5, 0.6) is 0 Å². The highest BCUT2D eigenvalue weighted by atomic mass is 16.6. The first-order valence-electron chi connectivity index (χ1n) is 9.65. The summed E-state index contributed by atoms with van der Waals surface area (Å²) in [5.74, 6) is -0.889. The Morgan fingerprint density at radius 1 is 1.11 bits per heavy atom. The van der Waals surface area contributed by atoms with Crippen molar-refractivity contribution in [2.45, 2.75) is 71.1 Å². The van der Waals surface area contributed by atoms with E-state index in [-0.39, 0.29) is 11.8 Å². The standard InChI is InChI=1S/C21H33N3O4/c1-15(25)24-18(14-16-10-6-5-7-11-16)19(26)23-13-9-8-12-17(22)20(27)28-21(2,3)4/h5-7,10-11,17-18H,8-9,12-14,22H2,1-4H3,(H,23,26)(H,24,25)/t17-,18-/m0/s1. The summed E-state index contributed by atoms with van der Waals surface area (Å²) in [6.07, 6.45) is 2.28. The molecule has 156 valence electrons. The molecule has 4 N–H and O–H groups in total. The van der Waals surface area contributed by atoms with Crippen LogP contribution in [0.1, 0.15) is 52.5 Å². The van der Waals surface area contributed by atoms with E-state index in [1.54, 1.807) is 20.8 Å². The number of unbranched alkanes of at least 4 members (excludes halogenated alkanes) is 1. The lowest BCUT2D eigenvalue weighted by Gasteiger charge is -2.22. The maximum atomic E-state index is 12.4. The first kappa shape index (κ1) is 23.6. The predicted molar refractivity (Wildman–Crippen MR) is 108 cm³/mol. The quantitative estimate of drug-likeness (QED) is 0.415. The first-order valence-corrected chi connectivity index (χ1v) is 9.65. The Morgan fingerprint density at radius 3 is 2.32 bits per heavy atom. The van der Waals surface area contributed by atoms with Gasteiger partial charge in [-0.1, -0.05) is 30.3 Å². The Labute approximate surface area is 167 Å². The van der Waals surface area contributed by atoms with Gasteiger partial charge < -0.3 is 21.1 Å². The minimum atomic E-state index is -0.667. The van der Waals surface area contributed by atoms with E-state index in [2.05, 4.69) is 10.6 Å². The number of nitrogens with one attached hydrogen (secondary N) is 2. The highest BCUT2D eigenvalue weighted by Crippen LogP contribution is 2.10. The summed E-state index contributed by atoms with van der Waals surface area (Å²) in [6, 6.07) is 8.24. The van der Waals surface area contributed by atoms with E-state index < -0.39 is 23.7 Å². The molecule has 28 heavy (non-hydrogen) atoms. The van der Waals surface area contributed by atoms with Crippen LogP contribution in [0, 0.1) is 0 Å². The average Bonchev–Trinajstić information content (AvgIpc) is 2.59. The number of ether oxygens (including phenoxy) is 1. The van der Waals surface area contributed by atoms with Gasteiger partial charge >= 0.3 is 5.97 Å². The molecule has 0 bridgehead atoms. The summed E-state index contributed by atoms with van der Waals surface area (Å²) in [5, 5.41) is 5.53. The van der Waals surface area contributed by atoms with Gasteiger partial charge in [0.05, 0.1) is 0 Å². The lowest BCUT2D eigenvalue weighted by atomic mass is 10.0. The third-order valence-electron chi connectivity index (χ3n) is 3.93. The fourth-order valence-corrected chi connectivity index (χ4v) is 2.62.